The molecule has 1 aromatic heterocycles. The average Bonchev–Trinajstić information content (AvgIpc) is 2.41. The van der Waals surface area contributed by atoms with Gasteiger partial charge >= 0.3 is 5.97 Å². The highest BCUT2D eigenvalue weighted by Gasteiger charge is 2.11. The highest BCUT2D eigenvalue weighted by atomic mass is 79.9. The fraction of sp³-hybridized carbons (Fsp3) is 0.0714. The number of anilines is 1. The molecular weight excluding hydrogens is 324 g/mol. The van der Waals surface area contributed by atoms with E-state index in [2.05, 4.69) is 26.2 Å². The molecule has 0 aliphatic heterocycles. The van der Waals surface area contributed by atoms with Crippen LogP contribution in [0.1, 0.15) is 26.4 Å². The molecule has 2 N–H and O–H groups in total. The van der Waals surface area contributed by atoms with Gasteiger partial charge in [0.2, 0.25) is 0 Å². The summed E-state index contributed by atoms with van der Waals surface area (Å²) in [4.78, 5) is 27.0. The van der Waals surface area contributed by atoms with E-state index in [1.165, 1.54) is 12.3 Å². The zero-order valence-electron chi connectivity index (χ0n) is 10.6. The molecule has 0 radical (unpaired) electrons. The van der Waals surface area contributed by atoms with E-state index in [0.29, 0.717) is 11.3 Å². The smallest absolute Gasteiger partial charge is 0.336 e. The summed E-state index contributed by atoms with van der Waals surface area (Å²) in [5, 5.41) is 11.7. The summed E-state index contributed by atoms with van der Waals surface area (Å²) in [5.41, 5.74) is 1.47. The molecule has 102 valence electrons. The van der Waals surface area contributed by atoms with E-state index in [-0.39, 0.29) is 11.3 Å². The molecule has 6 heteroatoms. The fourth-order valence-electron chi connectivity index (χ4n) is 1.64. The average molecular weight is 335 g/mol. The summed E-state index contributed by atoms with van der Waals surface area (Å²) < 4.78 is 0.776. The number of aryl methyl sites for hydroxylation is 1. The first kappa shape index (κ1) is 14.2. The molecule has 0 unspecified atom stereocenters. The lowest BCUT2D eigenvalue weighted by molar-refractivity contribution is 0.0695. The van der Waals surface area contributed by atoms with Gasteiger partial charge in [-0.25, -0.2) is 9.78 Å². The van der Waals surface area contributed by atoms with Gasteiger partial charge in [0.25, 0.3) is 5.91 Å². The molecule has 5 nitrogen and oxygen atoms in total. The number of aromatic nitrogens is 1. The molecular formula is C14H11BrN2O3. The standard InChI is InChI=1S/C14H11BrN2O3/c1-8-2-4-10(6-11(8)14(19)20)17-13(18)12-5-3-9(15)7-16-12/h2-7H,1H3,(H,17,18)(H,19,20). The monoisotopic (exact) mass is 334 g/mol. The highest BCUT2D eigenvalue weighted by Crippen LogP contribution is 2.16. The second-order valence-corrected chi connectivity index (χ2v) is 5.07. The number of rotatable bonds is 3. The molecule has 0 spiro atoms. The van der Waals surface area contributed by atoms with Crippen molar-refractivity contribution in [3.63, 3.8) is 0 Å². The predicted octanol–water partition coefficient (Wildman–Crippen LogP) is 3.10. The summed E-state index contributed by atoms with van der Waals surface area (Å²) in [7, 11) is 0. The van der Waals surface area contributed by atoms with Crippen LogP contribution in [0.3, 0.4) is 0 Å². The van der Waals surface area contributed by atoms with Crippen molar-refractivity contribution in [1.82, 2.24) is 4.98 Å². The minimum absolute atomic E-state index is 0.159. The molecule has 0 aliphatic carbocycles. The van der Waals surface area contributed by atoms with Crippen LogP contribution in [0.5, 0.6) is 0 Å². The van der Waals surface area contributed by atoms with Crippen LogP contribution in [0.25, 0.3) is 0 Å². The number of carbonyl (C=O) groups excluding carboxylic acids is 1. The molecule has 1 amide bonds. The van der Waals surface area contributed by atoms with E-state index in [1.807, 2.05) is 0 Å². The molecule has 0 bridgehead atoms. The highest BCUT2D eigenvalue weighted by molar-refractivity contribution is 9.10. The van der Waals surface area contributed by atoms with Crippen LogP contribution in [0, 0.1) is 6.92 Å². The Morgan fingerprint density at radius 1 is 1.25 bits per heavy atom. The maximum atomic E-state index is 12.0. The van der Waals surface area contributed by atoms with Crippen LogP contribution in [-0.2, 0) is 0 Å². The number of amides is 1. The van der Waals surface area contributed by atoms with E-state index in [4.69, 9.17) is 5.11 Å². The van der Waals surface area contributed by atoms with Gasteiger partial charge in [0.1, 0.15) is 5.69 Å². The Bertz CT molecular complexity index is 669. The second kappa shape index (κ2) is 5.83. The number of carboxylic acid groups (broad SMARTS) is 1. The molecule has 0 atom stereocenters. The van der Waals surface area contributed by atoms with E-state index in [1.54, 1.807) is 31.2 Å². The van der Waals surface area contributed by atoms with Gasteiger partial charge in [-0.2, -0.15) is 0 Å². The third-order valence-electron chi connectivity index (χ3n) is 2.69. The van der Waals surface area contributed by atoms with E-state index >= 15 is 0 Å². The molecule has 0 saturated carbocycles. The van der Waals surface area contributed by atoms with Crippen LogP contribution >= 0.6 is 15.9 Å². The molecule has 2 aromatic rings. The topological polar surface area (TPSA) is 79.3 Å². The number of hydrogen-bond donors (Lipinski definition) is 2. The first-order valence-corrected chi connectivity index (χ1v) is 6.53. The van der Waals surface area contributed by atoms with Gasteiger partial charge < -0.3 is 10.4 Å². The summed E-state index contributed by atoms with van der Waals surface area (Å²) in [6.07, 6.45) is 1.52. The van der Waals surface area contributed by atoms with E-state index < -0.39 is 11.9 Å². The number of benzene rings is 1. The van der Waals surface area contributed by atoms with Crippen molar-refractivity contribution in [2.75, 3.05) is 5.32 Å². The van der Waals surface area contributed by atoms with Crippen molar-refractivity contribution in [3.8, 4) is 0 Å². The quantitative estimate of drug-likeness (QED) is 0.903. The zero-order valence-corrected chi connectivity index (χ0v) is 12.1. The van der Waals surface area contributed by atoms with Crippen molar-refractivity contribution in [1.29, 1.82) is 0 Å². The minimum atomic E-state index is -1.03. The van der Waals surface area contributed by atoms with Crippen LogP contribution in [0.4, 0.5) is 5.69 Å². The number of carbonyl (C=O) groups is 2. The summed E-state index contributed by atoms with van der Waals surface area (Å²) in [5.74, 6) is -1.42. The van der Waals surface area contributed by atoms with Crippen molar-refractivity contribution in [2.45, 2.75) is 6.92 Å². The molecule has 0 aliphatic rings. The fourth-order valence-corrected chi connectivity index (χ4v) is 1.87. The minimum Gasteiger partial charge on any atom is -0.478 e. The first-order chi connectivity index (χ1) is 9.47. The number of pyridine rings is 1. The molecule has 1 heterocycles. The van der Waals surface area contributed by atoms with Crippen molar-refractivity contribution < 1.29 is 14.7 Å². The Labute approximate surface area is 123 Å². The van der Waals surface area contributed by atoms with Crippen molar-refractivity contribution >= 4 is 33.5 Å². The number of aromatic carboxylic acids is 1. The Balaban J connectivity index is 2.21. The number of carboxylic acids is 1. The van der Waals surface area contributed by atoms with Crippen molar-refractivity contribution in [3.05, 3.63) is 57.8 Å². The van der Waals surface area contributed by atoms with Gasteiger partial charge in [0.05, 0.1) is 5.56 Å². The van der Waals surface area contributed by atoms with Gasteiger partial charge in [-0.15, -0.1) is 0 Å². The number of nitrogens with one attached hydrogen (secondary N) is 1. The lowest BCUT2D eigenvalue weighted by Crippen LogP contribution is -2.14. The number of halogens is 1. The largest absolute Gasteiger partial charge is 0.478 e. The summed E-state index contributed by atoms with van der Waals surface area (Å²) in [6, 6.07) is 8.01. The molecule has 0 saturated heterocycles. The van der Waals surface area contributed by atoms with Gasteiger partial charge in [-0.1, -0.05) is 6.07 Å². The Morgan fingerprint density at radius 2 is 2.00 bits per heavy atom. The molecule has 0 fully saturated rings. The third kappa shape index (κ3) is 3.21. The SMILES string of the molecule is Cc1ccc(NC(=O)c2ccc(Br)cn2)cc1C(=O)O. The van der Waals surface area contributed by atoms with Crippen LogP contribution < -0.4 is 5.32 Å². The van der Waals surface area contributed by atoms with Gasteiger partial charge in [-0.05, 0) is 52.7 Å². The molecule has 2 rings (SSSR count). The predicted molar refractivity (Wildman–Crippen MR) is 78.0 cm³/mol. The van der Waals surface area contributed by atoms with Gasteiger partial charge in [0, 0.05) is 16.4 Å². The lowest BCUT2D eigenvalue weighted by atomic mass is 10.1. The van der Waals surface area contributed by atoms with E-state index in [0.717, 1.165) is 4.47 Å². The Morgan fingerprint density at radius 3 is 2.60 bits per heavy atom. The Kier molecular flexibility index (Phi) is 4.14. The lowest BCUT2D eigenvalue weighted by Gasteiger charge is -2.07. The van der Waals surface area contributed by atoms with Crippen LogP contribution in [0.2, 0.25) is 0 Å². The number of hydrogen-bond acceptors (Lipinski definition) is 3. The molecule has 1 aromatic carbocycles. The second-order valence-electron chi connectivity index (χ2n) is 4.15. The van der Waals surface area contributed by atoms with Crippen molar-refractivity contribution in [2.24, 2.45) is 0 Å². The Hall–Kier alpha value is -2.21. The van der Waals surface area contributed by atoms with Gasteiger partial charge in [-0.3, -0.25) is 4.79 Å². The normalized spacial score (nSPS) is 10.1. The maximum absolute atomic E-state index is 12.0. The summed E-state index contributed by atoms with van der Waals surface area (Å²) in [6.45, 7) is 1.70. The third-order valence-corrected chi connectivity index (χ3v) is 3.15. The summed E-state index contributed by atoms with van der Waals surface area (Å²) >= 11 is 3.24. The van der Waals surface area contributed by atoms with E-state index in [9.17, 15) is 9.59 Å². The zero-order chi connectivity index (χ0) is 14.7. The van der Waals surface area contributed by atoms with Crippen LogP contribution in [-0.4, -0.2) is 22.0 Å². The van der Waals surface area contributed by atoms with Gasteiger partial charge in [0.15, 0.2) is 0 Å². The van der Waals surface area contributed by atoms with Crippen LogP contribution in [0.15, 0.2) is 41.0 Å². The number of nitrogens with zero attached hydrogens (tertiary/aromatic N) is 1. The first-order valence-electron chi connectivity index (χ1n) is 5.74. The molecule has 20 heavy (non-hydrogen) atoms. The maximum Gasteiger partial charge on any atom is 0.336 e.